The van der Waals surface area contributed by atoms with Gasteiger partial charge >= 0.3 is 0 Å². The number of fused-ring (bicyclic) bond motifs is 2. The molecule has 3 aromatic rings. The van der Waals surface area contributed by atoms with Crippen molar-refractivity contribution in [3.05, 3.63) is 64.5 Å². The molecule has 2 aromatic carbocycles. The molecule has 0 saturated heterocycles. The van der Waals surface area contributed by atoms with E-state index in [2.05, 4.69) is 29.6 Å². The van der Waals surface area contributed by atoms with Gasteiger partial charge in [0, 0.05) is 21.7 Å². The Kier molecular flexibility index (Phi) is 3.31. The average molecular weight is 309 g/mol. The van der Waals surface area contributed by atoms with E-state index in [9.17, 15) is 4.79 Å². The molecule has 3 nitrogen and oxygen atoms in total. The first kappa shape index (κ1) is 13.3. The first-order valence-electron chi connectivity index (χ1n) is 7.31. The van der Waals surface area contributed by atoms with Gasteiger partial charge in [0.05, 0.1) is 0 Å². The molecule has 4 heteroatoms. The Labute approximate surface area is 132 Å². The van der Waals surface area contributed by atoms with Crippen LogP contribution in [0.1, 0.15) is 20.8 Å². The fourth-order valence-electron chi connectivity index (χ4n) is 2.76. The van der Waals surface area contributed by atoms with Crippen molar-refractivity contribution in [2.45, 2.75) is 13.0 Å². The van der Waals surface area contributed by atoms with E-state index in [0.29, 0.717) is 13.2 Å². The number of carbonyl (C=O) groups is 1. The van der Waals surface area contributed by atoms with Gasteiger partial charge in [-0.05, 0) is 47.7 Å². The van der Waals surface area contributed by atoms with Gasteiger partial charge < -0.3 is 10.1 Å². The van der Waals surface area contributed by atoms with Crippen molar-refractivity contribution in [1.82, 2.24) is 5.32 Å². The van der Waals surface area contributed by atoms with E-state index in [1.165, 1.54) is 15.0 Å². The molecule has 0 spiro atoms. The van der Waals surface area contributed by atoms with Crippen molar-refractivity contribution in [2.75, 3.05) is 6.54 Å². The smallest absolute Gasteiger partial charge is 0.251 e. The van der Waals surface area contributed by atoms with E-state index in [-0.39, 0.29) is 5.91 Å². The lowest BCUT2D eigenvalue weighted by atomic mass is 10.0. The summed E-state index contributed by atoms with van der Waals surface area (Å²) < 4.78 is 7.18. The maximum absolute atomic E-state index is 11.7. The maximum atomic E-state index is 11.7. The zero-order chi connectivity index (χ0) is 14.9. The molecule has 0 fully saturated rings. The van der Waals surface area contributed by atoms with Crippen molar-refractivity contribution >= 4 is 27.3 Å². The first-order valence-corrected chi connectivity index (χ1v) is 8.13. The second kappa shape index (κ2) is 5.46. The van der Waals surface area contributed by atoms with Crippen LogP contribution in [-0.4, -0.2) is 12.5 Å². The molecule has 0 bridgehead atoms. The van der Waals surface area contributed by atoms with Crippen LogP contribution in [0.2, 0.25) is 0 Å². The molecule has 110 valence electrons. The van der Waals surface area contributed by atoms with Gasteiger partial charge in [-0.15, -0.1) is 11.3 Å². The number of ether oxygens (including phenoxy) is 1. The number of hydrogen-bond acceptors (Lipinski definition) is 3. The summed E-state index contributed by atoms with van der Waals surface area (Å²) in [5.41, 5.74) is 1.83. The van der Waals surface area contributed by atoms with Gasteiger partial charge in [0.2, 0.25) is 0 Å². The quantitative estimate of drug-likeness (QED) is 0.800. The third kappa shape index (κ3) is 2.46. The number of amides is 1. The average Bonchev–Trinajstić information content (AvgIpc) is 2.96. The van der Waals surface area contributed by atoms with Crippen LogP contribution in [0.3, 0.4) is 0 Å². The zero-order valence-electron chi connectivity index (χ0n) is 12.0. The van der Waals surface area contributed by atoms with Gasteiger partial charge in [-0.1, -0.05) is 18.2 Å². The summed E-state index contributed by atoms with van der Waals surface area (Å²) >= 11 is 1.76. The van der Waals surface area contributed by atoms with Crippen molar-refractivity contribution in [3.63, 3.8) is 0 Å². The Balaban J connectivity index is 1.52. The number of hydrogen-bond donors (Lipinski definition) is 1. The van der Waals surface area contributed by atoms with Gasteiger partial charge in [0.15, 0.2) is 0 Å². The predicted molar refractivity (Wildman–Crippen MR) is 88.6 cm³/mol. The zero-order valence-corrected chi connectivity index (χ0v) is 12.8. The molecular formula is C18H15NO2S. The lowest BCUT2D eigenvalue weighted by molar-refractivity contribution is 0.0946. The highest BCUT2D eigenvalue weighted by Crippen LogP contribution is 2.27. The van der Waals surface area contributed by atoms with Crippen molar-refractivity contribution in [2.24, 2.45) is 0 Å². The summed E-state index contributed by atoms with van der Waals surface area (Å²) in [7, 11) is 0. The number of benzene rings is 2. The van der Waals surface area contributed by atoms with Gasteiger partial charge in [0.25, 0.3) is 5.91 Å². The number of nitrogens with one attached hydrogen (secondary N) is 1. The minimum Gasteiger partial charge on any atom is -0.488 e. The number of thiophene rings is 1. The Hall–Kier alpha value is -2.33. The lowest BCUT2D eigenvalue weighted by Crippen LogP contribution is -2.31. The molecule has 4 rings (SSSR count). The van der Waals surface area contributed by atoms with Crippen LogP contribution in [0.5, 0.6) is 5.75 Å². The van der Waals surface area contributed by atoms with Crippen LogP contribution in [0.4, 0.5) is 0 Å². The highest BCUT2D eigenvalue weighted by molar-refractivity contribution is 7.19. The van der Waals surface area contributed by atoms with E-state index < -0.39 is 0 Å². The van der Waals surface area contributed by atoms with Crippen LogP contribution >= 0.6 is 11.3 Å². The Bertz CT molecular complexity index is 820. The molecule has 22 heavy (non-hydrogen) atoms. The molecule has 1 aromatic heterocycles. The lowest BCUT2D eigenvalue weighted by Gasteiger charge is -2.17. The minimum absolute atomic E-state index is 0.0114. The van der Waals surface area contributed by atoms with E-state index in [1.54, 1.807) is 11.3 Å². The monoisotopic (exact) mass is 309 g/mol. The summed E-state index contributed by atoms with van der Waals surface area (Å²) in [6.45, 7) is 1.26. The van der Waals surface area contributed by atoms with Crippen LogP contribution in [-0.2, 0) is 13.0 Å². The standard InChI is InChI=1S/C18H15NO2S/c20-18-16-6-5-14(9-12(16)7-8-19-18)21-11-15-10-13-3-1-2-4-17(13)22-15/h1-6,9-10H,7-8,11H2,(H,19,20). The van der Waals surface area contributed by atoms with Crippen LogP contribution in [0.25, 0.3) is 10.1 Å². The molecule has 0 radical (unpaired) electrons. The normalized spacial score (nSPS) is 13.7. The summed E-state index contributed by atoms with van der Waals surface area (Å²) in [6.07, 6.45) is 0.862. The molecule has 0 saturated carbocycles. The second-order valence-electron chi connectivity index (χ2n) is 5.36. The third-order valence-corrected chi connectivity index (χ3v) is 4.95. The van der Waals surface area contributed by atoms with Gasteiger partial charge in [-0.25, -0.2) is 0 Å². The van der Waals surface area contributed by atoms with E-state index in [4.69, 9.17) is 4.74 Å². The Morgan fingerprint density at radius 3 is 2.95 bits per heavy atom. The Morgan fingerprint density at radius 1 is 1.14 bits per heavy atom. The number of rotatable bonds is 3. The van der Waals surface area contributed by atoms with Crippen molar-refractivity contribution < 1.29 is 9.53 Å². The Morgan fingerprint density at radius 2 is 2.05 bits per heavy atom. The SMILES string of the molecule is O=C1NCCc2cc(OCc3cc4ccccc4s3)ccc21. The topological polar surface area (TPSA) is 38.3 Å². The fraction of sp³-hybridized carbons (Fsp3) is 0.167. The number of carbonyl (C=O) groups excluding carboxylic acids is 1. The summed E-state index contributed by atoms with van der Waals surface area (Å²) in [6, 6.07) is 16.2. The third-order valence-electron chi connectivity index (χ3n) is 3.86. The minimum atomic E-state index is 0.0114. The molecule has 1 aliphatic rings. The van der Waals surface area contributed by atoms with E-state index >= 15 is 0 Å². The van der Waals surface area contributed by atoms with Gasteiger partial charge in [0.1, 0.15) is 12.4 Å². The van der Waals surface area contributed by atoms with E-state index in [0.717, 1.165) is 23.3 Å². The van der Waals surface area contributed by atoms with Gasteiger partial charge in [-0.2, -0.15) is 0 Å². The van der Waals surface area contributed by atoms with Crippen LogP contribution in [0.15, 0.2) is 48.5 Å². The second-order valence-corrected chi connectivity index (χ2v) is 6.53. The molecule has 2 heterocycles. The molecule has 0 aliphatic carbocycles. The van der Waals surface area contributed by atoms with Crippen molar-refractivity contribution in [3.8, 4) is 5.75 Å². The predicted octanol–water partition coefficient (Wildman–Crippen LogP) is 3.77. The van der Waals surface area contributed by atoms with Crippen LogP contribution < -0.4 is 10.1 Å². The molecular weight excluding hydrogens is 294 g/mol. The molecule has 1 N–H and O–H groups in total. The highest BCUT2D eigenvalue weighted by Gasteiger charge is 2.16. The van der Waals surface area contributed by atoms with Crippen LogP contribution in [0, 0.1) is 0 Å². The maximum Gasteiger partial charge on any atom is 0.251 e. The van der Waals surface area contributed by atoms with E-state index in [1.807, 2.05) is 24.3 Å². The molecule has 0 unspecified atom stereocenters. The van der Waals surface area contributed by atoms with Crippen molar-refractivity contribution in [1.29, 1.82) is 0 Å². The summed E-state index contributed by atoms with van der Waals surface area (Å²) in [5, 5.41) is 4.11. The first-order chi connectivity index (χ1) is 10.8. The highest BCUT2D eigenvalue weighted by atomic mass is 32.1. The fourth-order valence-corrected chi connectivity index (χ4v) is 3.73. The molecule has 1 aliphatic heterocycles. The van der Waals surface area contributed by atoms with Gasteiger partial charge in [-0.3, -0.25) is 4.79 Å². The largest absolute Gasteiger partial charge is 0.488 e. The summed E-state index contributed by atoms with van der Waals surface area (Å²) in [5.74, 6) is 0.836. The molecule has 1 amide bonds. The summed E-state index contributed by atoms with van der Waals surface area (Å²) in [4.78, 5) is 12.9. The molecule has 0 atom stereocenters.